The molecule has 0 atom stereocenters. The van der Waals surface area contributed by atoms with Crippen molar-refractivity contribution in [3.8, 4) is 0 Å². The Balaban J connectivity index is 1.69. The zero-order valence-electron chi connectivity index (χ0n) is 14.2. The van der Waals surface area contributed by atoms with Gasteiger partial charge in [-0.3, -0.25) is 4.79 Å². The van der Waals surface area contributed by atoms with Gasteiger partial charge < -0.3 is 9.80 Å². The first-order valence-corrected chi connectivity index (χ1v) is 8.23. The highest BCUT2D eigenvalue weighted by atomic mass is 16.2. The summed E-state index contributed by atoms with van der Waals surface area (Å²) in [5, 5.41) is 0. The predicted octanol–water partition coefficient (Wildman–Crippen LogP) is 3.57. The Hall–Kier alpha value is -2.29. The van der Waals surface area contributed by atoms with E-state index in [-0.39, 0.29) is 5.91 Å². The Labute approximate surface area is 138 Å². The molecule has 1 aliphatic rings. The Bertz CT molecular complexity index is 715. The van der Waals surface area contributed by atoms with Crippen molar-refractivity contribution in [2.45, 2.75) is 20.8 Å². The van der Waals surface area contributed by atoms with Gasteiger partial charge in [0.25, 0.3) is 5.91 Å². The molecular weight excluding hydrogens is 284 g/mol. The molecule has 0 N–H and O–H groups in total. The van der Waals surface area contributed by atoms with Gasteiger partial charge in [0.05, 0.1) is 0 Å². The zero-order valence-corrected chi connectivity index (χ0v) is 14.2. The van der Waals surface area contributed by atoms with E-state index in [4.69, 9.17) is 0 Å². The van der Waals surface area contributed by atoms with Gasteiger partial charge in [-0.2, -0.15) is 0 Å². The number of rotatable bonds is 2. The number of anilines is 1. The topological polar surface area (TPSA) is 23.6 Å². The largest absolute Gasteiger partial charge is 0.368 e. The Kier molecular flexibility index (Phi) is 4.37. The highest BCUT2D eigenvalue weighted by molar-refractivity contribution is 5.95. The van der Waals surface area contributed by atoms with Crippen LogP contribution in [-0.4, -0.2) is 37.0 Å². The summed E-state index contributed by atoms with van der Waals surface area (Å²) in [7, 11) is 0. The first-order chi connectivity index (χ1) is 11.1. The summed E-state index contributed by atoms with van der Waals surface area (Å²) in [6.07, 6.45) is 0. The fourth-order valence-corrected chi connectivity index (χ4v) is 3.29. The molecule has 0 saturated carbocycles. The third-order valence-electron chi connectivity index (χ3n) is 4.64. The smallest absolute Gasteiger partial charge is 0.254 e. The van der Waals surface area contributed by atoms with Gasteiger partial charge in [0.2, 0.25) is 0 Å². The minimum atomic E-state index is 0.159. The maximum atomic E-state index is 12.7. The fraction of sp³-hybridized carbons (Fsp3) is 0.350. The van der Waals surface area contributed by atoms with E-state index in [0.29, 0.717) is 0 Å². The van der Waals surface area contributed by atoms with Gasteiger partial charge in [-0.05, 0) is 44.0 Å². The van der Waals surface area contributed by atoms with Crippen LogP contribution in [0, 0.1) is 20.8 Å². The van der Waals surface area contributed by atoms with E-state index in [1.165, 1.54) is 16.8 Å². The molecule has 23 heavy (non-hydrogen) atoms. The van der Waals surface area contributed by atoms with Gasteiger partial charge in [-0.25, -0.2) is 0 Å². The number of carbonyl (C=O) groups excluding carboxylic acids is 1. The van der Waals surface area contributed by atoms with Crippen LogP contribution in [0.2, 0.25) is 0 Å². The lowest BCUT2D eigenvalue weighted by Crippen LogP contribution is -2.49. The van der Waals surface area contributed by atoms with E-state index >= 15 is 0 Å². The van der Waals surface area contributed by atoms with Crippen molar-refractivity contribution in [2.24, 2.45) is 0 Å². The van der Waals surface area contributed by atoms with Gasteiger partial charge in [-0.1, -0.05) is 35.9 Å². The summed E-state index contributed by atoms with van der Waals surface area (Å²) in [6.45, 7) is 9.55. The summed E-state index contributed by atoms with van der Waals surface area (Å²) < 4.78 is 0. The van der Waals surface area contributed by atoms with Crippen LogP contribution >= 0.6 is 0 Å². The Morgan fingerprint density at radius 3 is 2.22 bits per heavy atom. The van der Waals surface area contributed by atoms with E-state index in [0.717, 1.165) is 37.3 Å². The molecule has 120 valence electrons. The van der Waals surface area contributed by atoms with Gasteiger partial charge >= 0.3 is 0 Å². The van der Waals surface area contributed by atoms with E-state index < -0.39 is 0 Å². The number of nitrogens with zero attached hydrogens (tertiary/aromatic N) is 2. The second-order valence-corrected chi connectivity index (χ2v) is 6.38. The first-order valence-electron chi connectivity index (χ1n) is 8.23. The minimum Gasteiger partial charge on any atom is -0.368 e. The molecule has 1 heterocycles. The number of amides is 1. The molecule has 3 nitrogen and oxygen atoms in total. The maximum absolute atomic E-state index is 12.7. The van der Waals surface area contributed by atoms with Crippen LogP contribution in [0.5, 0.6) is 0 Å². The lowest BCUT2D eigenvalue weighted by atomic mass is 10.0. The van der Waals surface area contributed by atoms with Crippen molar-refractivity contribution >= 4 is 11.6 Å². The standard InChI is InChI=1S/C20H24N2O/c1-15-8-9-18(17(3)14-15)20(23)22-12-10-21(11-13-22)19-7-5-4-6-16(19)2/h4-9,14H,10-13H2,1-3H3. The number of aryl methyl sites for hydroxylation is 3. The fourth-order valence-electron chi connectivity index (χ4n) is 3.29. The van der Waals surface area contributed by atoms with Crippen molar-refractivity contribution in [1.29, 1.82) is 0 Å². The van der Waals surface area contributed by atoms with Crippen LogP contribution in [0.3, 0.4) is 0 Å². The molecule has 0 unspecified atom stereocenters. The normalized spacial score (nSPS) is 14.9. The number of hydrogen-bond acceptors (Lipinski definition) is 2. The molecule has 1 aliphatic heterocycles. The Morgan fingerprint density at radius 1 is 0.870 bits per heavy atom. The molecule has 3 rings (SSSR count). The highest BCUT2D eigenvalue weighted by Gasteiger charge is 2.23. The molecule has 2 aromatic rings. The van der Waals surface area contributed by atoms with E-state index in [1.807, 2.05) is 24.0 Å². The monoisotopic (exact) mass is 308 g/mol. The average Bonchev–Trinajstić information content (AvgIpc) is 2.55. The van der Waals surface area contributed by atoms with Gasteiger partial charge in [-0.15, -0.1) is 0 Å². The quantitative estimate of drug-likeness (QED) is 0.846. The lowest BCUT2D eigenvalue weighted by Gasteiger charge is -2.37. The molecule has 0 aliphatic carbocycles. The molecule has 1 saturated heterocycles. The molecule has 0 spiro atoms. The van der Waals surface area contributed by atoms with Crippen LogP contribution in [-0.2, 0) is 0 Å². The van der Waals surface area contributed by atoms with Gasteiger partial charge in [0, 0.05) is 37.4 Å². The number of piperazine rings is 1. The highest BCUT2D eigenvalue weighted by Crippen LogP contribution is 2.22. The molecule has 3 heteroatoms. The summed E-state index contributed by atoms with van der Waals surface area (Å²) >= 11 is 0. The van der Waals surface area contributed by atoms with E-state index in [2.05, 4.69) is 49.1 Å². The summed E-state index contributed by atoms with van der Waals surface area (Å²) in [5.74, 6) is 0.159. The number of carbonyl (C=O) groups is 1. The van der Waals surface area contributed by atoms with Crippen LogP contribution < -0.4 is 4.90 Å². The molecular formula is C20H24N2O. The summed E-state index contributed by atoms with van der Waals surface area (Å²) in [4.78, 5) is 17.1. The number of benzene rings is 2. The average molecular weight is 308 g/mol. The first kappa shape index (κ1) is 15.6. The number of hydrogen-bond donors (Lipinski definition) is 0. The van der Waals surface area contributed by atoms with Crippen molar-refractivity contribution in [2.75, 3.05) is 31.1 Å². The molecule has 1 amide bonds. The van der Waals surface area contributed by atoms with Crippen molar-refractivity contribution in [3.63, 3.8) is 0 Å². The summed E-state index contributed by atoms with van der Waals surface area (Å²) in [5.41, 5.74) is 5.67. The number of para-hydroxylation sites is 1. The SMILES string of the molecule is Cc1ccc(C(=O)N2CCN(c3ccccc3C)CC2)c(C)c1. The van der Waals surface area contributed by atoms with Crippen LogP contribution in [0.1, 0.15) is 27.0 Å². The molecule has 1 fully saturated rings. The third-order valence-corrected chi connectivity index (χ3v) is 4.64. The van der Waals surface area contributed by atoms with Gasteiger partial charge in [0.15, 0.2) is 0 Å². The zero-order chi connectivity index (χ0) is 16.4. The van der Waals surface area contributed by atoms with Crippen molar-refractivity contribution in [3.05, 3.63) is 64.7 Å². The van der Waals surface area contributed by atoms with Crippen LogP contribution in [0.4, 0.5) is 5.69 Å². The minimum absolute atomic E-state index is 0.159. The molecule has 0 bridgehead atoms. The van der Waals surface area contributed by atoms with Crippen molar-refractivity contribution < 1.29 is 4.79 Å². The molecule has 0 aromatic heterocycles. The second kappa shape index (κ2) is 6.45. The van der Waals surface area contributed by atoms with Crippen LogP contribution in [0.25, 0.3) is 0 Å². The molecule has 2 aromatic carbocycles. The van der Waals surface area contributed by atoms with Crippen molar-refractivity contribution in [1.82, 2.24) is 4.90 Å². The van der Waals surface area contributed by atoms with Gasteiger partial charge in [0.1, 0.15) is 0 Å². The van der Waals surface area contributed by atoms with Crippen LogP contribution in [0.15, 0.2) is 42.5 Å². The second-order valence-electron chi connectivity index (χ2n) is 6.38. The van der Waals surface area contributed by atoms with E-state index in [9.17, 15) is 4.79 Å². The van der Waals surface area contributed by atoms with E-state index in [1.54, 1.807) is 0 Å². The third kappa shape index (κ3) is 3.24. The molecule has 0 radical (unpaired) electrons. The summed E-state index contributed by atoms with van der Waals surface area (Å²) in [6, 6.07) is 14.5. The predicted molar refractivity (Wildman–Crippen MR) is 95.2 cm³/mol. The lowest BCUT2D eigenvalue weighted by molar-refractivity contribution is 0.0746. The maximum Gasteiger partial charge on any atom is 0.254 e. The Morgan fingerprint density at radius 2 is 1.57 bits per heavy atom.